The molecule has 1 nitrogen and oxygen atoms in total. The van der Waals surface area contributed by atoms with Gasteiger partial charge in [0.05, 0.1) is 0 Å². The molecule has 0 bridgehead atoms. The minimum Gasteiger partial charge on any atom is -0.310 e. The van der Waals surface area contributed by atoms with Gasteiger partial charge in [-0.15, -0.1) is 0 Å². The third-order valence-corrected chi connectivity index (χ3v) is 3.55. The van der Waals surface area contributed by atoms with E-state index < -0.39 is 0 Å². The van der Waals surface area contributed by atoms with Crippen molar-refractivity contribution >= 4 is 0 Å². The summed E-state index contributed by atoms with van der Waals surface area (Å²) >= 11 is 0. The van der Waals surface area contributed by atoms with Gasteiger partial charge in [0.1, 0.15) is 0 Å². The lowest BCUT2D eigenvalue weighted by Gasteiger charge is -2.22. The molecule has 0 aliphatic carbocycles. The molecule has 94 valence electrons. The van der Waals surface area contributed by atoms with Gasteiger partial charge in [0.2, 0.25) is 0 Å². The second kappa shape index (κ2) is 6.36. The van der Waals surface area contributed by atoms with Gasteiger partial charge in [-0.05, 0) is 24.0 Å². The molecule has 0 saturated carbocycles. The number of nitrogens with one attached hydrogen (secondary N) is 1. The average molecular weight is 239 g/mol. The standard InChI is InChI=1S/C17H21N/c1-14(17-11-7-4-8-12-17)15(2)18-13-16-9-5-3-6-10-16/h3-12,14-15,18H,13H2,1-2H3/t14-,15+/m0/s1. The highest BCUT2D eigenvalue weighted by molar-refractivity contribution is 5.20. The third kappa shape index (κ3) is 3.44. The van der Waals surface area contributed by atoms with Crippen molar-refractivity contribution in [3.63, 3.8) is 0 Å². The molecular weight excluding hydrogens is 218 g/mol. The minimum atomic E-state index is 0.465. The predicted molar refractivity (Wildman–Crippen MR) is 77.6 cm³/mol. The summed E-state index contributed by atoms with van der Waals surface area (Å²) in [5, 5.41) is 3.60. The summed E-state index contributed by atoms with van der Waals surface area (Å²) in [6.45, 7) is 5.46. The van der Waals surface area contributed by atoms with Crippen LogP contribution in [0, 0.1) is 0 Å². The zero-order valence-electron chi connectivity index (χ0n) is 11.1. The molecule has 0 amide bonds. The predicted octanol–water partition coefficient (Wildman–Crippen LogP) is 3.97. The topological polar surface area (TPSA) is 12.0 Å². The molecule has 0 radical (unpaired) electrons. The number of hydrogen-bond donors (Lipinski definition) is 1. The molecule has 1 heteroatoms. The normalized spacial score (nSPS) is 14.1. The van der Waals surface area contributed by atoms with Crippen LogP contribution < -0.4 is 5.32 Å². The average Bonchev–Trinajstić information content (AvgIpc) is 2.46. The molecule has 0 aliphatic rings. The monoisotopic (exact) mass is 239 g/mol. The van der Waals surface area contributed by atoms with E-state index >= 15 is 0 Å². The molecule has 1 N–H and O–H groups in total. The summed E-state index contributed by atoms with van der Waals surface area (Å²) in [4.78, 5) is 0. The van der Waals surface area contributed by atoms with Crippen molar-refractivity contribution < 1.29 is 0 Å². The van der Waals surface area contributed by atoms with Crippen molar-refractivity contribution in [1.82, 2.24) is 5.32 Å². The Morgan fingerprint density at radius 3 is 2.00 bits per heavy atom. The maximum Gasteiger partial charge on any atom is 0.0208 e. The molecule has 0 aromatic heterocycles. The second-order valence-corrected chi connectivity index (χ2v) is 4.85. The molecule has 18 heavy (non-hydrogen) atoms. The van der Waals surface area contributed by atoms with Crippen LogP contribution in [-0.2, 0) is 6.54 Å². The van der Waals surface area contributed by atoms with Gasteiger partial charge in [-0.2, -0.15) is 0 Å². The highest BCUT2D eigenvalue weighted by Crippen LogP contribution is 2.18. The molecule has 0 fully saturated rings. The fraction of sp³-hybridized carbons (Fsp3) is 0.294. The van der Waals surface area contributed by atoms with Gasteiger partial charge in [0, 0.05) is 12.6 Å². The van der Waals surface area contributed by atoms with Crippen LogP contribution in [0.1, 0.15) is 30.9 Å². The maximum atomic E-state index is 3.60. The van der Waals surface area contributed by atoms with Crippen LogP contribution in [0.25, 0.3) is 0 Å². The van der Waals surface area contributed by atoms with Crippen molar-refractivity contribution in [2.45, 2.75) is 32.4 Å². The van der Waals surface area contributed by atoms with Gasteiger partial charge < -0.3 is 5.32 Å². The Labute approximate surface area is 110 Å². The first-order valence-electron chi connectivity index (χ1n) is 6.59. The third-order valence-electron chi connectivity index (χ3n) is 3.55. The lowest BCUT2D eigenvalue weighted by molar-refractivity contribution is 0.480. The molecule has 2 aromatic carbocycles. The van der Waals surface area contributed by atoms with Gasteiger partial charge in [-0.25, -0.2) is 0 Å². The quantitative estimate of drug-likeness (QED) is 0.832. The van der Waals surface area contributed by atoms with E-state index in [0.717, 1.165) is 6.54 Å². The summed E-state index contributed by atoms with van der Waals surface area (Å²) in [5.74, 6) is 0.523. The molecule has 2 aromatic rings. The second-order valence-electron chi connectivity index (χ2n) is 4.85. The van der Waals surface area contributed by atoms with Crippen molar-refractivity contribution in [3.05, 3.63) is 71.8 Å². The van der Waals surface area contributed by atoms with E-state index in [9.17, 15) is 0 Å². The largest absolute Gasteiger partial charge is 0.310 e. The summed E-state index contributed by atoms with van der Waals surface area (Å²) in [7, 11) is 0. The summed E-state index contributed by atoms with van der Waals surface area (Å²) in [6.07, 6.45) is 0. The number of rotatable bonds is 5. The first kappa shape index (κ1) is 12.8. The fourth-order valence-corrected chi connectivity index (χ4v) is 2.10. The van der Waals surface area contributed by atoms with Crippen molar-refractivity contribution in [1.29, 1.82) is 0 Å². The van der Waals surface area contributed by atoms with Crippen LogP contribution in [0.3, 0.4) is 0 Å². The SMILES string of the molecule is C[C@H](c1ccccc1)[C@@H](C)NCc1ccccc1. The van der Waals surface area contributed by atoms with Gasteiger partial charge in [-0.3, -0.25) is 0 Å². The highest BCUT2D eigenvalue weighted by atomic mass is 14.9. The fourth-order valence-electron chi connectivity index (χ4n) is 2.10. The van der Waals surface area contributed by atoms with Crippen LogP contribution >= 0.6 is 0 Å². The zero-order chi connectivity index (χ0) is 12.8. The van der Waals surface area contributed by atoms with Gasteiger partial charge in [0.25, 0.3) is 0 Å². The summed E-state index contributed by atoms with van der Waals surface area (Å²) in [5.41, 5.74) is 2.73. The minimum absolute atomic E-state index is 0.465. The molecule has 0 saturated heterocycles. The Bertz CT molecular complexity index is 450. The van der Waals surface area contributed by atoms with E-state index in [0.29, 0.717) is 12.0 Å². The van der Waals surface area contributed by atoms with Crippen molar-refractivity contribution in [3.8, 4) is 0 Å². The van der Waals surface area contributed by atoms with Crippen LogP contribution in [0.5, 0.6) is 0 Å². The van der Waals surface area contributed by atoms with Crippen LogP contribution in [0.15, 0.2) is 60.7 Å². The van der Waals surface area contributed by atoms with Gasteiger partial charge in [0.15, 0.2) is 0 Å². The van der Waals surface area contributed by atoms with E-state index in [-0.39, 0.29) is 0 Å². The maximum absolute atomic E-state index is 3.60. The number of benzene rings is 2. The molecule has 2 rings (SSSR count). The Hall–Kier alpha value is -1.60. The Balaban J connectivity index is 1.90. The molecule has 0 spiro atoms. The Kier molecular flexibility index (Phi) is 4.54. The smallest absolute Gasteiger partial charge is 0.0208 e. The van der Waals surface area contributed by atoms with Crippen molar-refractivity contribution in [2.75, 3.05) is 0 Å². The highest BCUT2D eigenvalue weighted by Gasteiger charge is 2.13. The van der Waals surface area contributed by atoms with Gasteiger partial charge in [-0.1, -0.05) is 67.6 Å². The van der Waals surface area contributed by atoms with Crippen molar-refractivity contribution in [2.24, 2.45) is 0 Å². The van der Waals surface area contributed by atoms with Crippen LogP contribution in [-0.4, -0.2) is 6.04 Å². The first-order chi connectivity index (χ1) is 8.77. The molecule has 0 heterocycles. The molecule has 0 unspecified atom stereocenters. The van der Waals surface area contributed by atoms with E-state index in [4.69, 9.17) is 0 Å². The molecular formula is C17H21N. The molecule has 0 aliphatic heterocycles. The van der Waals surface area contributed by atoms with Gasteiger partial charge >= 0.3 is 0 Å². The number of hydrogen-bond acceptors (Lipinski definition) is 1. The van der Waals surface area contributed by atoms with Crippen LogP contribution in [0.4, 0.5) is 0 Å². The van der Waals surface area contributed by atoms with E-state index in [1.807, 2.05) is 0 Å². The first-order valence-corrected chi connectivity index (χ1v) is 6.59. The van der Waals surface area contributed by atoms with E-state index in [1.165, 1.54) is 11.1 Å². The van der Waals surface area contributed by atoms with E-state index in [1.54, 1.807) is 0 Å². The van der Waals surface area contributed by atoms with Crippen LogP contribution in [0.2, 0.25) is 0 Å². The van der Waals surface area contributed by atoms with E-state index in [2.05, 4.69) is 79.8 Å². The summed E-state index contributed by atoms with van der Waals surface area (Å²) < 4.78 is 0. The molecule has 2 atom stereocenters. The zero-order valence-corrected chi connectivity index (χ0v) is 11.1. The lowest BCUT2D eigenvalue weighted by atomic mass is 9.94. The Morgan fingerprint density at radius 2 is 1.39 bits per heavy atom. The Morgan fingerprint density at radius 1 is 0.833 bits per heavy atom. The summed E-state index contributed by atoms with van der Waals surface area (Å²) in [6, 6.07) is 21.7. The lowest BCUT2D eigenvalue weighted by Crippen LogP contribution is -2.30.